The van der Waals surface area contributed by atoms with Crippen molar-refractivity contribution in [2.75, 3.05) is 5.43 Å². The van der Waals surface area contributed by atoms with E-state index in [1.54, 1.807) is 35.7 Å². The number of carbonyl (C=O) groups excluding carboxylic acids is 1. The van der Waals surface area contributed by atoms with Gasteiger partial charge < -0.3 is 9.40 Å². The first-order chi connectivity index (χ1) is 15.5. The molecule has 10 nitrogen and oxygen atoms in total. The Morgan fingerprint density at radius 2 is 1.97 bits per heavy atom. The Hall–Kier alpha value is -4.51. The molecule has 2 aromatic carbocycles. The van der Waals surface area contributed by atoms with Gasteiger partial charge in [0.15, 0.2) is 0 Å². The summed E-state index contributed by atoms with van der Waals surface area (Å²) in [4.78, 5) is 42.4. The molecule has 3 aromatic heterocycles. The van der Waals surface area contributed by atoms with Gasteiger partial charge in [-0.2, -0.15) is 0 Å². The molecule has 0 bridgehead atoms. The van der Waals surface area contributed by atoms with Crippen LogP contribution in [0.1, 0.15) is 10.5 Å². The van der Waals surface area contributed by atoms with Crippen LogP contribution in [0.15, 0.2) is 69.2 Å². The minimum Gasteiger partial charge on any atom is -0.422 e. The zero-order valence-corrected chi connectivity index (χ0v) is 16.9. The van der Waals surface area contributed by atoms with Crippen LogP contribution in [0.25, 0.3) is 33.1 Å². The van der Waals surface area contributed by atoms with Crippen LogP contribution in [0.5, 0.6) is 0 Å². The van der Waals surface area contributed by atoms with Crippen LogP contribution in [0, 0.1) is 10.1 Å². The zero-order valence-electron chi connectivity index (χ0n) is 16.1. The van der Waals surface area contributed by atoms with E-state index >= 15 is 0 Å². The minimum absolute atomic E-state index is 0.0714. The van der Waals surface area contributed by atoms with Crippen LogP contribution in [-0.4, -0.2) is 20.8 Å². The first kappa shape index (κ1) is 19.5. The number of benzene rings is 2. The molecule has 0 fully saturated rings. The zero-order chi connectivity index (χ0) is 22.2. The standard InChI is InChI=1S/C21H13N5O5S/c27-19(16-8-11-5-6-13(26(29)30)9-15(11)22-16)24-25-21-23-17(10-32-21)14-7-12-3-1-2-4-18(12)31-20(14)28/h1-10,22H,(H,23,25)(H,24,27). The molecule has 0 saturated heterocycles. The fourth-order valence-electron chi connectivity index (χ4n) is 3.22. The number of hydrogen-bond acceptors (Lipinski definition) is 8. The van der Waals surface area contributed by atoms with Crippen molar-refractivity contribution in [1.29, 1.82) is 0 Å². The second-order valence-corrected chi connectivity index (χ2v) is 7.67. The number of para-hydroxylation sites is 1. The Morgan fingerprint density at radius 3 is 2.81 bits per heavy atom. The van der Waals surface area contributed by atoms with Crippen molar-refractivity contribution in [2.45, 2.75) is 0 Å². The first-order valence-corrected chi connectivity index (χ1v) is 10.2. The number of non-ortho nitro benzene ring substituents is 1. The summed E-state index contributed by atoms with van der Waals surface area (Å²) in [6.45, 7) is 0. The lowest BCUT2D eigenvalue weighted by Crippen LogP contribution is -2.29. The van der Waals surface area contributed by atoms with E-state index in [1.165, 1.54) is 23.5 Å². The highest BCUT2D eigenvalue weighted by molar-refractivity contribution is 7.14. The number of aromatic nitrogens is 2. The Kier molecular flexibility index (Phi) is 4.64. The van der Waals surface area contributed by atoms with E-state index in [1.807, 2.05) is 12.1 Å². The molecule has 0 radical (unpaired) electrons. The van der Waals surface area contributed by atoms with E-state index in [0.717, 1.165) is 5.39 Å². The summed E-state index contributed by atoms with van der Waals surface area (Å²) in [6, 6.07) is 14.8. The Morgan fingerprint density at radius 1 is 1.12 bits per heavy atom. The molecule has 32 heavy (non-hydrogen) atoms. The van der Waals surface area contributed by atoms with E-state index in [4.69, 9.17) is 4.42 Å². The van der Waals surface area contributed by atoms with Gasteiger partial charge in [-0.05, 0) is 24.3 Å². The molecule has 1 amide bonds. The molecule has 0 atom stereocenters. The van der Waals surface area contributed by atoms with Gasteiger partial charge in [-0.15, -0.1) is 11.3 Å². The maximum absolute atomic E-state index is 12.5. The summed E-state index contributed by atoms with van der Waals surface area (Å²) >= 11 is 1.20. The second-order valence-electron chi connectivity index (χ2n) is 6.81. The third kappa shape index (κ3) is 3.56. The van der Waals surface area contributed by atoms with Crippen LogP contribution >= 0.6 is 11.3 Å². The van der Waals surface area contributed by atoms with Crippen LogP contribution in [0.4, 0.5) is 10.8 Å². The Balaban J connectivity index is 1.33. The number of aromatic amines is 1. The molecular weight excluding hydrogens is 434 g/mol. The van der Waals surface area contributed by atoms with Crippen LogP contribution in [0.3, 0.4) is 0 Å². The van der Waals surface area contributed by atoms with E-state index in [9.17, 15) is 19.7 Å². The number of rotatable bonds is 5. The third-order valence-electron chi connectivity index (χ3n) is 4.77. The number of amides is 1. The van der Waals surface area contributed by atoms with Crippen LogP contribution < -0.4 is 16.5 Å². The molecule has 0 spiro atoms. The number of hydrogen-bond donors (Lipinski definition) is 3. The number of carbonyl (C=O) groups is 1. The normalized spacial score (nSPS) is 11.0. The van der Waals surface area contributed by atoms with Crippen molar-refractivity contribution >= 4 is 49.9 Å². The number of fused-ring (bicyclic) bond motifs is 2. The summed E-state index contributed by atoms with van der Waals surface area (Å²) in [5, 5.41) is 14.4. The summed E-state index contributed by atoms with van der Waals surface area (Å²) in [7, 11) is 0. The predicted molar refractivity (Wildman–Crippen MR) is 120 cm³/mol. The molecule has 0 aliphatic rings. The highest BCUT2D eigenvalue weighted by Gasteiger charge is 2.14. The van der Waals surface area contributed by atoms with Crippen molar-refractivity contribution in [3.63, 3.8) is 0 Å². The summed E-state index contributed by atoms with van der Waals surface area (Å²) in [5.74, 6) is -0.481. The average Bonchev–Trinajstić information content (AvgIpc) is 3.43. The first-order valence-electron chi connectivity index (χ1n) is 9.30. The lowest BCUT2D eigenvalue weighted by molar-refractivity contribution is -0.384. The number of anilines is 1. The molecule has 3 N–H and O–H groups in total. The number of nitrogens with one attached hydrogen (secondary N) is 3. The molecule has 0 saturated carbocycles. The number of hydrazine groups is 1. The van der Waals surface area contributed by atoms with E-state index in [0.29, 0.717) is 32.9 Å². The molecule has 5 rings (SSSR count). The summed E-state index contributed by atoms with van der Waals surface area (Å²) < 4.78 is 5.34. The van der Waals surface area contributed by atoms with Crippen molar-refractivity contribution < 1.29 is 14.1 Å². The monoisotopic (exact) mass is 447 g/mol. The van der Waals surface area contributed by atoms with Crippen molar-refractivity contribution in [2.24, 2.45) is 0 Å². The van der Waals surface area contributed by atoms with Gasteiger partial charge in [0.05, 0.1) is 21.7 Å². The highest BCUT2D eigenvalue weighted by atomic mass is 32.1. The molecule has 11 heteroatoms. The van der Waals surface area contributed by atoms with E-state index in [2.05, 4.69) is 20.8 Å². The summed E-state index contributed by atoms with van der Waals surface area (Å²) in [6.07, 6.45) is 0. The number of thiazole rings is 1. The van der Waals surface area contributed by atoms with E-state index in [-0.39, 0.29) is 11.4 Å². The number of H-pyrrole nitrogens is 1. The lowest BCUT2D eigenvalue weighted by atomic mass is 10.1. The average molecular weight is 447 g/mol. The van der Waals surface area contributed by atoms with Gasteiger partial charge in [0.2, 0.25) is 5.13 Å². The number of nitrogens with zero attached hydrogens (tertiary/aromatic N) is 2. The van der Waals surface area contributed by atoms with Crippen molar-refractivity contribution in [1.82, 2.24) is 15.4 Å². The Labute approximate surface area is 182 Å². The molecule has 0 aliphatic carbocycles. The molecule has 0 unspecified atom stereocenters. The molecule has 158 valence electrons. The maximum Gasteiger partial charge on any atom is 0.345 e. The number of nitro benzene ring substituents is 1. The highest BCUT2D eigenvalue weighted by Crippen LogP contribution is 2.25. The largest absolute Gasteiger partial charge is 0.422 e. The third-order valence-corrected chi connectivity index (χ3v) is 5.52. The van der Waals surface area contributed by atoms with Crippen LogP contribution in [-0.2, 0) is 0 Å². The van der Waals surface area contributed by atoms with Gasteiger partial charge in [-0.1, -0.05) is 18.2 Å². The second kappa shape index (κ2) is 7.63. The van der Waals surface area contributed by atoms with Gasteiger partial charge in [-0.25, -0.2) is 9.78 Å². The lowest BCUT2D eigenvalue weighted by Gasteiger charge is -2.03. The van der Waals surface area contributed by atoms with Gasteiger partial charge in [0, 0.05) is 28.3 Å². The van der Waals surface area contributed by atoms with Gasteiger partial charge in [0.25, 0.3) is 11.6 Å². The van der Waals surface area contributed by atoms with Crippen molar-refractivity contribution in [3.8, 4) is 11.3 Å². The SMILES string of the molecule is O=C(NNc1nc(-c2cc3ccccc3oc2=O)cs1)c1cc2ccc([N+](=O)[O-])cc2[nH]1. The fraction of sp³-hybridized carbons (Fsp3) is 0. The summed E-state index contributed by atoms with van der Waals surface area (Å²) in [5.41, 5.74) is 6.58. The van der Waals surface area contributed by atoms with Gasteiger partial charge in [0.1, 0.15) is 11.3 Å². The molecular formula is C21H13N5O5S. The molecule has 5 aromatic rings. The minimum atomic E-state index is -0.503. The topological polar surface area (TPSA) is 143 Å². The predicted octanol–water partition coefficient (Wildman–Crippen LogP) is 4.06. The maximum atomic E-state index is 12.5. The van der Waals surface area contributed by atoms with Gasteiger partial charge >= 0.3 is 5.63 Å². The Bertz CT molecular complexity index is 1570. The van der Waals surface area contributed by atoms with E-state index < -0.39 is 16.5 Å². The quantitative estimate of drug-likeness (QED) is 0.209. The van der Waals surface area contributed by atoms with Crippen molar-refractivity contribution in [3.05, 3.63) is 86.2 Å². The fourth-order valence-corrected chi connectivity index (χ4v) is 3.89. The number of nitro groups is 1. The molecule has 3 heterocycles. The molecule has 0 aliphatic heterocycles. The smallest absolute Gasteiger partial charge is 0.345 e. The van der Waals surface area contributed by atoms with Crippen LogP contribution in [0.2, 0.25) is 0 Å². The van der Waals surface area contributed by atoms with Gasteiger partial charge in [-0.3, -0.25) is 25.8 Å².